The number of nitriles is 1. The third-order valence-electron chi connectivity index (χ3n) is 3.97. The molecule has 0 radical (unpaired) electrons. The zero-order valence-electron chi connectivity index (χ0n) is 15.7. The summed E-state index contributed by atoms with van der Waals surface area (Å²) in [6.45, 7) is 3.45. The van der Waals surface area contributed by atoms with Crippen molar-refractivity contribution in [2.24, 2.45) is 5.92 Å². The number of carbonyl (C=O) groups is 2. The van der Waals surface area contributed by atoms with Crippen LogP contribution in [0.15, 0.2) is 54.6 Å². The Balaban J connectivity index is 2.02. The minimum atomic E-state index is -1.31. The van der Waals surface area contributed by atoms with E-state index < -0.39 is 24.2 Å². The first-order chi connectivity index (χ1) is 13.4. The van der Waals surface area contributed by atoms with Gasteiger partial charge in [0, 0.05) is 0 Å². The van der Waals surface area contributed by atoms with E-state index in [0.717, 1.165) is 5.56 Å². The maximum atomic E-state index is 12.5. The number of esters is 1. The van der Waals surface area contributed by atoms with E-state index in [-0.39, 0.29) is 18.3 Å². The number of alkyl carbamates (subject to hydrolysis) is 1. The Morgan fingerprint density at radius 3 is 2.32 bits per heavy atom. The van der Waals surface area contributed by atoms with Crippen molar-refractivity contribution < 1.29 is 24.2 Å². The van der Waals surface area contributed by atoms with Crippen LogP contribution in [0.2, 0.25) is 0 Å². The lowest BCUT2D eigenvalue weighted by atomic mass is 10.00. The fourth-order valence-electron chi connectivity index (χ4n) is 2.34. The SMILES string of the molecule is CC(C)[C@H](O)[C@@H](NC(=O)OCc1ccccc1)C(=O)Oc1ccc(C#N)cc1. The normalized spacial score (nSPS) is 12.5. The Kier molecular flexibility index (Phi) is 7.55. The summed E-state index contributed by atoms with van der Waals surface area (Å²) in [6.07, 6.45) is -2.01. The molecule has 146 valence electrons. The molecule has 1 amide bonds. The summed E-state index contributed by atoms with van der Waals surface area (Å²) in [5, 5.41) is 21.5. The third-order valence-corrected chi connectivity index (χ3v) is 3.97. The van der Waals surface area contributed by atoms with E-state index in [9.17, 15) is 14.7 Å². The van der Waals surface area contributed by atoms with Crippen molar-refractivity contribution in [3.8, 4) is 11.8 Å². The zero-order chi connectivity index (χ0) is 20.5. The van der Waals surface area contributed by atoms with E-state index in [0.29, 0.717) is 5.56 Å². The molecule has 7 heteroatoms. The average molecular weight is 382 g/mol. The first kappa shape index (κ1) is 20.9. The molecular weight excluding hydrogens is 360 g/mol. The van der Waals surface area contributed by atoms with E-state index in [2.05, 4.69) is 5.32 Å². The topological polar surface area (TPSA) is 109 Å². The van der Waals surface area contributed by atoms with Crippen LogP contribution < -0.4 is 10.1 Å². The van der Waals surface area contributed by atoms with Crippen LogP contribution in [0.1, 0.15) is 25.0 Å². The van der Waals surface area contributed by atoms with Gasteiger partial charge >= 0.3 is 12.1 Å². The number of benzene rings is 2. The monoisotopic (exact) mass is 382 g/mol. The molecule has 0 aliphatic heterocycles. The summed E-state index contributed by atoms with van der Waals surface area (Å²) in [7, 11) is 0. The molecule has 28 heavy (non-hydrogen) atoms. The number of amides is 1. The van der Waals surface area contributed by atoms with Gasteiger partial charge in [0.2, 0.25) is 0 Å². The molecule has 0 saturated carbocycles. The highest BCUT2D eigenvalue weighted by atomic mass is 16.6. The number of hydrogen-bond acceptors (Lipinski definition) is 6. The van der Waals surface area contributed by atoms with Crippen LogP contribution in [0.3, 0.4) is 0 Å². The van der Waals surface area contributed by atoms with Crippen LogP contribution in [-0.2, 0) is 16.1 Å². The van der Waals surface area contributed by atoms with Gasteiger partial charge in [-0.1, -0.05) is 44.2 Å². The van der Waals surface area contributed by atoms with E-state index in [1.165, 1.54) is 24.3 Å². The number of aliphatic hydroxyl groups excluding tert-OH is 1. The largest absolute Gasteiger partial charge is 0.445 e. The fraction of sp³-hybridized carbons (Fsp3) is 0.286. The second-order valence-electron chi connectivity index (χ2n) is 6.48. The Labute approximate surface area is 163 Å². The van der Waals surface area contributed by atoms with Crippen LogP contribution in [-0.4, -0.2) is 29.3 Å². The molecule has 0 aromatic heterocycles. The molecule has 7 nitrogen and oxygen atoms in total. The average Bonchev–Trinajstić information content (AvgIpc) is 2.71. The van der Waals surface area contributed by atoms with E-state index in [4.69, 9.17) is 14.7 Å². The van der Waals surface area contributed by atoms with Crippen molar-refractivity contribution in [1.82, 2.24) is 5.32 Å². The van der Waals surface area contributed by atoms with Crippen LogP contribution in [0, 0.1) is 17.2 Å². The summed E-state index contributed by atoms with van der Waals surface area (Å²) in [5.74, 6) is -0.945. The van der Waals surface area contributed by atoms with Gasteiger partial charge in [-0.25, -0.2) is 9.59 Å². The quantitative estimate of drug-likeness (QED) is 0.563. The lowest BCUT2D eigenvalue weighted by Gasteiger charge is -2.24. The molecule has 0 fully saturated rings. The maximum Gasteiger partial charge on any atom is 0.408 e. The van der Waals surface area contributed by atoms with Gasteiger partial charge in [0.15, 0.2) is 6.04 Å². The Morgan fingerprint density at radius 1 is 1.11 bits per heavy atom. The molecule has 0 aliphatic carbocycles. The van der Waals surface area contributed by atoms with Crippen LogP contribution in [0.5, 0.6) is 5.75 Å². The summed E-state index contributed by atoms with van der Waals surface area (Å²) in [6, 6.07) is 15.6. The Hall–Kier alpha value is -3.37. The molecule has 2 aromatic carbocycles. The second-order valence-corrected chi connectivity index (χ2v) is 6.48. The van der Waals surface area contributed by atoms with Crippen molar-refractivity contribution >= 4 is 12.1 Å². The lowest BCUT2D eigenvalue weighted by molar-refractivity contribution is -0.140. The first-order valence-electron chi connectivity index (χ1n) is 8.78. The molecule has 2 rings (SSSR count). The number of nitrogens with one attached hydrogen (secondary N) is 1. The molecule has 0 heterocycles. The van der Waals surface area contributed by atoms with Crippen LogP contribution >= 0.6 is 0 Å². The molecule has 2 N–H and O–H groups in total. The van der Waals surface area contributed by atoms with Gasteiger partial charge in [-0.05, 0) is 35.7 Å². The molecule has 0 bridgehead atoms. The van der Waals surface area contributed by atoms with E-state index >= 15 is 0 Å². The van der Waals surface area contributed by atoms with Crippen LogP contribution in [0.4, 0.5) is 4.79 Å². The number of carbonyl (C=O) groups excluding carboxylic acids is 2. The predicted octanol–water partition coefficient (Wildman–Crippen LogP) is 2.78. The molecule has 0 aliphatic rings. The molecule has 0 unspecified atom stereocenters. The number of nitrogens with zero attached hydrogens (tertiary/aromatic N) is 1. The van der Waals surface area contributed by atoms with Crippen molar-refractivity contribution in [3.63, 3.8) is 0 Å². The number of aliphatic hydroxyl groups is 1. The molecule has 2 atom stereocenters. The summed E-state index contributed by atoms with van der Waals surface area (Å²) < 4.78 is 10.3. The zero-order valence-corrected chi connectivity index (χ0v) is 15.7. The molecule has 0 spiro atoms. The first-order valence-corrected chi connectivity index (χ1v) is 8.78. The van der Waals surface area contributed by atoms with Gasteiger partial charge in [-0.3, -0.25) is 0 Å². The van der Waals surface area contributed by atoms with Gasteiger partial charge in [0.05, 0.1) is 17.7 Å². The highest BCUT2D eigenvalue weighted by Gasteiger charge is 2.33. The van der Waals surface area contributed by atoms with Gasteiger partial charge in [0.1, 0.15) is 12.4 Å². The lowest BCUT2D eigenvalue weighted by Crippen LogP contribution is -2.52. The van der Waals surface area contributed by atoms with Crippen molar-refractivity contribution in [1.29, 1.82) is 5.26 Å². The smallest absolute Gasteiger partial charge is 0.408 e. The molecular formula is C21H22N2O5. The number of hydrogen-bond donors (Lipinski definition) is 2. The van der Waals surface area contributed by atoms with E-state index in [1.54, 1.807) is 26.0 Å². The Morgan fingerprint density at radius 2 is 1.75 bits per heavy atom. The van der Waals surface area contributed by atoms with E-state index in [1.807, 2.05) is 24.3 Å². The fourth-order valence-corrected chi connectivity index (χ4v) is 2.34. The highest BCUT2D eigenvalue weighted by molar-refractivity contribution is 5.83. The minimum absolute atomic E-state index is 0.0296. The van der Waals surface area contributed by atoms with Gasteiger partial charge in [-0.2, -0.15) is 5.26 Å². The summed E-state index contributed by atoms with van der Waals surface area (Å²) >= 11 is 0. The van der Waals surface area contributed by atoms with Gasteiger partial charge in [-0.15, -0.1) is 0 Å². The molecule has 2 aromatic rings. The van der Waals surface area contributed by atoms with Crippen molar-refractivity contribution in [2.75, 3.05) is 0 Å². The van der Waals surface area contributed by atoms with Gasteiger partial charge in [0.25, 0.3) is 0 Å². The standard InChI is InChI=1S/C21H22N2O5/c1-14(2)19(24)18(20(25)28-17-10-8-15(12-22)9-11-17)23-21(26)27-13-16-6-4-3-5-7-16/h3-11,14,18-19,24H,13H2,1-2H3,(H,23,26)/t18-,19+/m1/s1. The Bertz CT molecular complexity index is 828. The van der Waals surface area contributed by atoms with Crippen molar-refractivity contribution in [3.05, 3.63) is 65.7 Å². The molecule has 0 saturated heterocycles. The second kappa shape index (κ2) is 10.1. The summed E-state index contributed by atoms with van der Waals surface area (Å²) in [5.41, 5.74) is 1.21. The highest BCUT2D eigenvalue weighted by Crippen LogP contribution is 2.15. The maximum absolute atomic E-state index is 12.5. The van der Waals surface area contributed by atoms with Crippen molar-refractivity contribution in [2.45, 2.75) is 32.6 Å². The predicted molar refractivity (Wildman–Crippen MR) is 101 cm³/mol. The third kappa shape index (κ3) is 6.11. The summed E-state index contributed by atoms with van der Waals surface area (Å²) in [4.78, 5) is 24.6. The van der Waals surface area contributed by atoms with Crippen LogP contribution in [0.25, 0.3) is 0 Å². The number of ether oxygens (including phenoxy) is 2. The van der Waals surface area contributed by atoms with Gasteiger partial charge < -0.3 is 19.9 Å². The minimum Gasteiger partial charge on any atom is -0.445 e. The number of rotatable bonds is 7.